The fourth-order valence-corrected chi connectivity index (χ4v) is 2.61. The minimum Gasteiger partial charge on any atom is -0.352 e. The van der Waals surface area contributed by atoms with Crippen molar-refractivity contribution in [3.05, 3.63) is 77.0 Å². The third kappa shape index (κ3) is 3.63. The molecule has 6 heteroatoms. The number of imidazole rings is 1. The number of aromatic nitrogens is 2. The predicted molar refractivity (Wildman–Crippen MR) is 92.3 cm³/mol. The Morgan fingerprint density at radius 1 is 1.25 bits per heavy atom. The first-order valence-electron chi connectivity index (χ1n) is 7.47. The SMILES string of the molecule is O=C(/C=C/c1c(Cl)nc2ccccn12)NCCc1ccccc1F. The van der Waals surface area contributed by atoms with Crippen molar-refractivity contribution in [3.8, 4) is 0 Å². The van der Waals surface area contributed by atoms with E-state index in [-0.39, 0.29) is 11.7 Å². The lowest BCUT2D eigenvalue weighted by Gasteiger charge is -2.03. The standard InChI is InChI=1S/C18H15ClFN3O/c19-18-15(23-12-4-3-7-16(23)22-18)8-9-17(24)21-11-10-13-5-1-2-6-14(13)20/h1-9,12H,10-11H2,(H,21,24)/b9-8+. The van der Waals surface area contributed by atoms with Crippen molar-refractivity contribution in [1.29, 1.82) is 0 Å². The van der Waals surface area contributed by atoms with E-state index in [1.54, 1.807) is 28.7 Å². The number of hydrogen-bond donors (Lipinski definition) is 1. The van der Waals surface area contributed by atoms with E-state index in [0.717, 1.165) is 0 Å². The van der Waals surface area contributed by atoms with Crippen molar-refractivity contribution in [2.75, 3.05) is 6.54 Å². The van der Waals surface area contributed by atoms with Crippen molar-refractivity contribution in [2.45, 2.75) is 6.42 Å². The number of fused-ring (bicyclic) bond motifs is 1. The quantitative estimate of drug-likeness (QED) is 0.721. The molecular weight excluding hydrogens is 329 g/mol. The van der Waals surface area contributed by atoms with Gasteiger partial charge in [-0.2, -0.15) is 0 Å². The zero-order valence-electron chi connectivity index (χ0n) is 12.7. The van der Waals surface area contributed by atoms with E-state index >= 15 is 0 Å². The average Bonchev–Trinajstić information content (AvgIpc) is 2.90. The lowest BCUT2D eigenvalue weighted by Crippen LogP contribution is -2.23. The van der Waals surface area contributed by atoms with Gasteiger partial charge in [-0.05, 0) is 36.3 Å². The summed E-state index contributed by atoms with van der Waals surface area (Å²) >= 11 is 6.10. The van der Waals surface area contributed by atoms with E-state index in [1.807, 2.05) is 24.4 Å². The molecule has 1 N–H and O–H groups in total. The number of carbonyl (C=O) groups is 1. The molecule has 2 aromatic heterocycles. The molecule has 0 aliphatic rings. The summed E-state index contributed by atoms with van der Waals surface area (Å²) in [6.07, 6.45) is 5.26. The molecule has 3 aromatic rings. The molecule has 0 fully saturated rings. The molecule has 0 atom stereocenters. The van der Waals surface area contributed by atoms with Crippen LogP contribution in [0, 0.1) is 5.82 Å². The van der Waals surface area contributed by atoms with Crippen molar-refractivity contribution in [2.24, 2.45) is 0 Å². The maximum absolute atomic E-state index is 13.5. The van der Waals surface area contributed by atoms with Crippen LogP contribution in [-0.4, -0.2) is 21.8 Å². The van der Waals surface area contributed by atoms with Gasteiger partial charge in [0.2, 0.25) is 5.91 Å². The lowest BCUT2D eigenvalue weighted by atomic mass is 10.1. The van der Waals surface area contributed by atoms with E-state index in [1.165, 1.54) is 12.1 Å². The van der Waals surface area contributed by atoms with E-state index in [4.69, 9.17) is 11.6 Å². The molecule has 1 aromatic carbocycles. The van der Waals surface area contributed by atoms with Gasteiger partial charge in [0.05, 0.1) is 5.69 Å². The summed E-state index contributed by atoms with van der Waals surface area (Å²) in [5.74, 6) is -0.534. The summed E-state index contributed by atoms with van der Waals surface area (Å²) in [5.41, 5.74) is 1.92. The number of pyridine rings is 1. The number of hydrogen-bond acceptors (Lipinski definition) is 2. The first kappa shape index (κ1) is 16.2. The molecule has 0 radical (unpaired) electrons. The lowest BCUT2D eigenvalue weighted by molar-refractivity contribution is -0.116. The van der Waals surface area contributed by atoms with Crippen LogP contribution in [0.2, 0.25) is 5.15 Å². The highest BCUT2D eigenvalue weighted by atomic mass is 35.5. The second kappa shape index (κ2) is 7.27. The van der Waals surface area contributed by atoms with Gasteiger partial charge in [0.15, 0.2) is 5.15 Å². The van der Waals surface area contributed by atoms with Crippen molar-refractivity contribution in [3.63, 3.8) is 0 Å². The van der Waals surface area contributed by atoms with E-state index < -0.39 is 0 Å². The van der Waals surface area contributed by atoms with Crippen LogP contribution in [0.25, 0.3) is 11.7 Å². The Morgan fingerprint density at radius 3 is 2.88 bits per heavy atom. The van der Waals surface area contributed by atoms with Crippen molar-refractivity contribution < 1.29 is 9.18 Å². The Hall–Kier alpha value is -2.66. The smallest absolute Gasteiger partial charge is 0.244 e. The van der Waals surface area contributed by atoms with Gasteiger partial charge in [-0.15, -0.1) is 0 Å². The fraction of sp³-hybridized carbons (Fsp3) is 0.111. The van der Waals surface area contributed by atoms with Crippen LogP contribution in [0.1, 0.15) is 11.3 Å². The monoisotopic (exact) mass is 343 g/mol. The number of nitrogens with zero attached hydrogens (tertiary/aromatic N) is 2. The second-order valence-electron chi connectivity index (χ2n) is 5.18. The molecule has 0 unspecified atom stereocenters. The Morgan fingerprint density at radius 2 is 2.04 bits per heavy atom. The summed E-state index contributed by atoms with van der Waals surface area (Å²) < 4.78 is 15.3. The first-order valence-corrected chi connectivity index (χ1v) is 7.85. The van der Waals surface area contributed by atoms with E-state index in [2.05, 4.69) is 10.3 Å². The minimum atomic E-state index is -0.270. The zero-order chi connectivity index (χ0) is 16.9. The summed E-state index contributed by atoms with van der Waals surface area (Å²) in [5, 5.41) is 3.05. The van der Waals surface area contributed by atoms with E-state index in [9.17, 15) is 9.18 Å². The van der Waals surface area contributed by atoms with Gasteiger partial charge in [0.1, 0.15) is 11.5 Å². The number of nitrogens with one attached hydrogen (secondary N) is 1. The molecule has 2 heterocycles. The van der Waals surface area contributed by atoms with Crippen LogP contribution in [0.15, 0.2) is 54.7 Å². The predicted octanol–water partition coefficient (Wildman–Crippen LogP) is 3.50. The van der Waals surface area contributed by atoms with Gasteiger partial charge in [-0.25, -0.2) is 9.37 Å². The highest BCUT2D eigenvalue weighted by Gasteiger charge is 2.07. The van der Waals surface area contributed by atoms with Crippen molar-refractivity contribution in [1.82, 2.24) is 14.7 Å². The molecule has 122 valence electrons. The molecule has 0 saturated heterocycles. The van der Waals surface area contributed by atoms with Gasteiger partial charge < -0.3 is 5.32 Å². The Balaban J connectivity index is 1.61. The van der Waals surface area contributed by atoms with Crippen LogP contribution >= 0.6 is 11.6 Å². The maximum atomic E-state index is 13.5. The van der Waals surface area contributed by atoms with Gasteiger partial charge in [0.25, 0.3) is 0 Å². The highest BCUT2D eigenvalue weighted by Crippen LogP contribution is 2.18. The third-order valence-corrected chi connectivity index (χ3v) is 3.84. The highest BCUT2D eigenvalue weighted by molar-refractivity contribution is 6.31. The molecule has 24 heavy (non-hydrogen) atoms. The fourth-order valence-electron chi connectivity index (χ4n) is 2.37. The van der Waals surface area contributed by atoms with Gasteiger partial charge in [0, 0.05) is 18.8 Å². The Kier molecular flexibility index (Phi) is 4.91. The zero-order valence-corrected chi connectivity index (χ0v) is 13.5. The van der Waals surface area contributed by atoms with Crippen LogP contribution in [0.3, 0.4) is 0 Å². The van der Waals surface area contributed by atoms with Crippen LogP contribution in [0.4, 0.5) is 4.39 Å². The third-order valence-electron chi connectivity index (χ3n) is 3.57. The number of rotatable bonds is 5. The summed E-state index contributed by atoms with van der Waals surface area (Å²) in [4.78, 5) is 16.1. The number of benzene rings is 1. The molecule has 4 nitrogen and oxygen atoms in total. The average molecular weight is 344 g/mol. The van der Waals surface area contributed by atoms with Gasteiger partial charge in [-0.1, -0.05) is 35.9 Å². The summed E-state index contributed by atoms with van der Waals surface area (Å²) in [6, 6.07) is 12.1. The normalized spacial score (nSPS) is 11.2. The molecule has 1 amide bonds. The Labute approximate surface area is 143 Å². The molecule has 0 spiro atoms. The molecule has 0 aliphatic heterocycles. The first-order chi connectivity index (χ1) is 11.6. The molecule has 3 rings (SSSR count). The largest absolute Gasteiger partial charge is 0.352 e. The van der Waals surface area contributed by atoms with Crippen LogP contribution in [0.5, 0.6) is 0 Å². The van der Waals surface area contributed by atoms with Crippen molar-refractivity contribution >= 4 is 29.2 Å². The maximum Gasteiger partial charge on any atom is 0.244 e. The molecule has 0 saturated carbocycles. The topological polar surface area (TPSA) is 46.4 Å². The van der Waals surface area contributed by atoms with Crippen LogP contribution in [-0.2, 0) is 11.2 Å². The number of halogens is 2. The number of carbonyl (C=O) groups excluding carboxylic acids is 1. The minimum absolute atomic E-state index is 0.264. The molecule has 0 bridgehead atoms. The van der Waals surface area contributed by atoms with E-state index in [0.29, 0.717) is 35.0 Å². The van der Waals surface area contributed by atoms with Crippen LogP contribution < -0.4 is 5.32 Å². The van der Waals surface area contributed by atoms with Gasteiger partial charge >= 0.3 is 0 Å². The number of amides is 1. The van der Waals surface area contributed by atoms with Gasteiger partial charge in [-0.3, -0.25) is 9.20 Å². The summed E-state index contributed by atoms with van der Waals surface area (Å²) in [7, 11) is 0. The molecular formula is C18H15ClFN3O. The molecule has 0 aliphatic carbocycles. The Bertz CT molecular complexity index is 904. The second-order valence-corrected chi connectivity index (χ2v) is 5.54. The summed E-state index contributed by atoms with van der Waals surface area (Å²) in [6.45, 7) is 0.352.